The first kappa shape index (κ1) is 10.3. The Hall–Kier alpha value is -1.27. The second-order valence-corrected chi connectivity index (χ2v) is 3.95. The molecule has 2 aromatic heterocycles. The van der Waals surface area contributed by atoms with Crippen LogP contribution in [0.25, 0.3) is 5.82 Å². The quantitative estimate of drug-likeness (QED) is 0.810. The predicted molar refractivity (Wildman–Crippen MR) is 60.4 cm³/mol. The van der Waals surface area contributed by atoms with Crippen molar-refractivity contribution in [2.75, 3.05) is 12.0 Å². The van der Waals surface area contributed by atoms with Crippen molar-refractivity contribution >= 4 is 29.2 Å². The van der Waals surface area contributed by atoms with E-state index in [1.807, 2.05) is 6.26 Å². The average Bonchev–Trinajstić information content (AvgIpc) is 2.61. The van der Waals surface area contributed by atoms with Crippen LogP contribution in [0.2, 0.25) is 5.15 Å². The van der Waals surface area contributed by atoms with Gasteiger partial charge in [0.25, 0.3) is 0 Å². The van der Waals surface area contributed by atoms with E-state index in [1.54, 1.807) is 18.2 Å². The number of hydrogen-bond donors (Lipinski definition) is 1. The molecule has 0 spiro atoms. The predicted octanol–water partition coefficient (Wildman–Crippen LogP) is 1.62. The van der Waals surface area contributed by atoms with Gasteiger partial charge in [0.1, 0.15) is 10.8 Å². The Morgan fingerprint density at radius 3 is 2.73 bits per heavy atom. The summed E-state index contributed by atoms with van der Waals surface area (Å²) in [6.07, 6.45) is 1.93. The third-order valence-corrected chi connectivity index (χ3v) is 2.58. The van der Waals surface area contributed by atoms with Gasteiger partial charge in [-0.05, 0) is 18.4 Å². The summed E-state index contributed by atoms with van der Waals surface area (Å²) in [4.78, 5) is 0. The van der Waals surface area contributed by atoms with E-state index in [-0.39, 0.29) is 0 Å². The summed E-state index contributed by atoms with van der Waals surface area (Å²) >= 11 is 7.15. The van der Waals surface area contributed by atoms with Crippen molar-refractivity contribution < 1.29 is 0 Å². The maximum atomic E-state index is 5.77. The highest BCUT2D eigenvalue weighted by Gasteiger charge is 2.07. The fourth-order valence-corrected chi connectivity index (χ4v) is 1.58. The van der Waals surface area contributed by atoms with E-state index in [0.29, 0.717) is 16.8 Å². The third-order valence-electron chi connectivity index (χ3n) is 1.76. The van der Waals surface area contributed by atoms with Crippen LogP contribution >= 0.6 is 23.4 Å². The SMILES string of the molecule is CSc1cc(N)n(-c2ccc(Cl)nn2)n1. The van der Waals surface area contributed by atoms with E-state index < -0.39 is 0 Å². The van der Waals surface area contributed by atoms with E-state index >= 15 is 0 Å². The summed E-state index contributed by atoms with van der Waals surface area (Å²) in [7, 11) is 0. The molecule has 7 heteroatoms. The molecule has 2 aromatic rings. The van der Waals surface area contributed by atoms with Gasteiger partial charge < -0.3 is 5.73 Å². The van der Waals surface area contributed by atoms with Crippen molar-refractivity contribution in [2.24, 2.45) is 0 Å². The van der Waals surface area contributed by atoms with Crippen LogP contribution in [-0.4, -0.2) is 26.2 Å². The molecular formula is C8H8ClN5S. The minimum atomic E-state index is 0.342. The molecule has 2 rings (SSSR count). The first-order chi connectivity index (χ1) is 7.20. The molecule has 0 amide bonds. The maximum absolute atomic E-state index is 5.77. The van der Waals surface area contributed by atoms with Gasteiger partial charge in [-0.25, -0.2) is 0 Å². The van der Waals surface area contributed by atoms with Gasteiger partial charge in [-0.15, -0.1) is 22.0 Å². The lowest BCUT2D eigenvalue weighted by atomic mass is 10.5. The molecule has 2 N–H and O–H groups in total. The van der Waals surface area contributed by atoms with Crippen molar-refractivity contribution in [3.05, 3.63) is 23.4 Å². The second-order valence-electron chi connectivity index (χ2n) is 2.74. The molecule has 0 aliphatic carbocycles. The highest BCUT2D eigenvalue weighted by molar-refractivity contribution is 7.98. The van der Waals surface area contributed by atoms with Crippen molar-refractivity contribution in [1.29, 1.82) is 0 Å². The van der Waals surface area contributed by atoms with E-state index in [0.717, 1.165) is 5.03 Å². The van der Waals surface area contributed by atoms with Crippen molar-refractivity contribution in [3.63, 3.8) is 0 Å². The van der Waals surface area contributed by atoms with E-state index in [1.165, 1.54) is 16.4 Å². The lowest BCUT2D eigenvalue weighted by Crippen LogP contribution is -2.04. The summed E-state index contributed by atoms with van der Waals surface area (Å²) in [6, 6.07) is 5.13. The molecule has 0 saturated carbocycles. The van der Waals surface area contributed by atoms with Gasteiger partial charge in [0.15, 0.2) is 11.0 Å². The molecule has 0 bridgehead atoms. The summed E-state index contributed by atoms with van der Waals surface area (Å²) in [5.41, 5.74) is 5.77. The summed E-state index contributed by atoms with van der Waals surface area (Å²) in [6.45, 7) is 0. The summed E-state index contributed by atoms with van der Waals surface area (Å²) in [5.74, 6) is 1.08. The molecule has 5 nitrogen and oxygen atoms in total. The van der Waals surface area contributed by atoms with Gasteiger partial charge in [-0.3, -0.25) is 0 Å². The minimum Gasteiger partial charge on any atom is -0.383 e. The van der Waals surface area contributed by atoms with Crippen LogP contribution in [0.3, 0.4) is 0 Å². The number of halogens is 1. The van der Waals surface area contributed by atoms with Gasteiger partial charge in [0.2, 0.25) is 0 Å². The molecular weight excluding hydrogens is 234 g/mol. The zero-order valence-corrected chi connectivity index (χ0v) is 9.46. The molecule has 0 atom stereocenters. The topological polar surface area (TPSA) is 69.6 Å². The molecule has 78 valence electrons. The fraction of sp³-hybridized carbons (Fsp3) is 0.125. The normalized spacial score (nSPS) is 10.5. The monoisotopic (exact) mass is 241 g/mol. The Labute approximate surface area is 95.6 Å². The molecule has 0 radical (unpaired) electrons. The Balaban J connectivity index is 2.44. The molecule has 0 saturated heterocycles. The highest BCUT2D eigenvalue weighted by atomic mass is 35.5. The number of nitrogen functional groups attached to an aromatic ring is 1. The Bertz CT molecular complexity index is 466. The van der Waals surface area contributed by atoms with Crippen LogP contribution < -0.4 is 5.73 Å². The average molecular weight is 242 g/mol. The smallest absolute Gasteiger partial charge is 0.178 e. The molecule has 15 heavy (non-hydrogen) atoms. The lowest BCUT2D eigenvalue weighted by molar-refractivity contribution is 0.794. The molecule has 0 unspecified atom stereocenters. The van der Waals surface area contributed by atoms with Crippen LogP contribution in [-0.2, 0) is 0 Å². The van der Waals surface area contributed by atoms with Gasteiger partial charge in [0.05, 0.1) is 0 Å². The Morgan fingerprint density at radius 2 is 2.20 bits per heavy atom. The van der Waals surface area contributed by atoms with Gasteiger partial charge in [-0.1, -0.05) is 11.6 Å². The third kappa shape index (κ3) is 2.05. The van der Waals surface area contributed by atoms with Crippen LogP contribution in [0.4, 0.5) is 5.82 Å². The number of nitrogens with zero attached hydrogens (tertiary/aromatic N) is 4. The van der Waals surface area contributed by atoms with Crippen molar-refractivity contribution in [2.45, 2.75) is 5.03 Å². The summed E-state index contributed by atoms with van der Waals surface area (Å²) < 4.78 is 1.52. The van der Waals surface area contributed by atoms with Crippen molar-refractivity contribution in [1.82, 2.24) is 20.0 Å². The van der Waals surface area contributed by atoms with E-state index in [9.17, 15) is 0 Å². The van der Waals surface area contributed by atoms with Gasteiger partial charge in [-0.2, -0.15) is 9.78 Å². The summed E-state index contributed by atoms with van der Waals surface area (Å²) in [5, 5.41) is 13.0. The molecule has 0 aliphatic rings. The molecule has 2 heterocycles. The Kier molecular flexibility index (Phi) is 2.79. The standard InChI is InChI=1S/C8H8ClN5S/c1-15-8-4-6(10)14(13-8)7-3-2-5(9)11-12-7/h2-4H,10H2,1H3. The number of anilines is 1. The van der Waals surface area contributed by atoms with Gasteiger partial charge in [0, 0.05) is 6.07 Å². The maximum Gasteiger partial charge on any atom is 0.178 e. The van der Waals surface area contributed by atoms with Crippen molar-refractivity contribution in [3.8, 4) is 5.82 Å². The van der Waals surface area contributed by atoms with Gasteiger partial charge >= 0.3 is 0 Å². The van der Waals surface area contributed by atoms with Crippen LogP contribution in [0, 0.1) is 0 Å². The number of rotatable bonds is 2. The fourth-order valence-electron chi connectivity index (χ4n) is 1.08. The van der Waals surface area contributed by atoms with Crippen LogP contribution in [0.15, 0.2) is 23.2 Å². The van der Waals surface area contributed by atoms with Crippen LogP contribution in [0.5, 0.6) is 0 Å². The first-order valence-corrected chi connectivity index (χ1v) is 5.70. The van der Waals surface area contributed by atoms with E-state index in [2.05, 4.69) is 15.3 Å². The number of aromatic nitrogens is 4. The highest BCUT2D eigenvalue weighted by Crippen LogP contribution is 2.18. The molecule has 0 fully saturated rings. The first-order valence-electron chi connectivity index (χ1n) is 4.10. The Morgan fingerprint density at radius 1 is 1.40 bits per heavy atom. The lowest BCUT2D eigenvalue weighted by Gasteiger charge is -2.00. The van der Waals surface area contributed by atoms with E-state index in [4.69, 9.17) is 17.3 Å². The molecule has 0 aromatic carbocycles. The minimum absolute atomic E-state index is 0.342. The number of hydrogen-bond acceptors (Lipinski definition) is 5. The van der Waals surface area contributed by atoms with Crippen LogP contribution in [0.1, 0.15) is 0 Å². The number of thioether (sulfide) groups is 1. The second kappa shape index (κ2) is 4.08. The largest absolute Gasteiger partial charge is 0.383 e. The zero-order chi connectivity index (χ0) is 10.8. The molecule has 0 aliphatic heterocycles. The zero-order valence-electron chi connectivity index (χ0n) is 7.88. The number of nitrogens with two attached hydrogens (primary N) is 1.